The van der Waals surface area contributed by atoms with Crippen LogP contribution in [0.2, 0.25) is 0 Å². The highest BCUT2D eigenvalue weighted by atomic mass is 32.1. The number of nitrogens with one attached hydrogen (secondary N) is 1. The summed E-state index contributed by atoms with van der Waals surface area (Å²) in [5.41, 5.74) is 5.71. The summed E-state index contributed by atoms with van der Waals surface area (Å²) in [7, 11) is 0. The number of rotatable bonds is 2. The Morgan fingerprint density at radius 2 is 2.25 bits per heavy atom. The smallest absolute Gasteiger partial charge is 0.258 e. The van der Waals surface area contributed by atoms with Crippen molar-refractivity contribution in [3.63, 3.8) is 0 Å². The van der Waals surface area contributed by atoms with Gasteiger partial charge in [-0.1, -0.05) is 11.2 Å². The first-order valence-corrected chi connectivity index (χ1v) is 7.49. The molecule has 2 aromatic heterocycles. The standard InChI is InChI=1S/C15H13N3OS/c1-9-7-20-8-12(9)14-17-15(19-18-14)11-3-2-10-4-5-16-13(10)6-11/h2-3,6-8,16H,4-5H2,1H3. The van der Waals surface area contributed by atoms with Crippen molar-refractivity contribution in [1.82, 2.24) is 10.1 Å². The van der Waals surface area contributed by atoms with Crippen molar-refractivity contribution >= 4 is 17.0 Å². The second-order valence-corrected chi connectivity index (χ2v) is 5.68. The van der Waals surface area contributed by atoms with Crippen LogP contribution in [0.5, 0.6) is 0 Å². The highest BCUT2D eigenvalue weighted by Crippen LogP contribution is 2.30. The highest BCUT2D eigenvalue weighted by molar-refractivity contribution is 7.08. The van der Waals surface area contributed by atoms with Crippen LogP contribution < -0.4 is 5.32 Å². The summed E-state index contributed by atoms with van der Waals surface area (Å²) < 4.78 is 5.41. The molecule has 0 amide bonds. The SMILES string of the molecule is Cc1cscc1-c1noc(-c2ccc3c(c2)NCC3)n1. The molecule has 1 aliphatic rings. The van der Waals surface area contributed by atoms with Crippen molar-refractivity contribution in [2.75, 3.05) is 11.9 Å². The van der Waals surface area contributed by atoms with Gasteiger partial charge >= 0.3 is 0 Å². The third-order valence-corrected chi connectivity index (χ3v) is 4.45. The van der Waals surface area contributed by atoms with Crippen molar-refractivity contribution in [1.29, 1.82) is 0 Å². The Morgan fingerprint density at radius 3 is 3.10 bits per heavy atom. The molecule has 0 aliphatic carbocycles. The van der Waals surface area contributed by atoms with E-state index in [2.05, 4.69) is 39.9 Å². The van der Waals surface area contributed by atoms with E-state index in [1.165, 1.54) is 16.8 Å². The second-order valence-electron chi connectivity index (χ2n) is 4.94. The van der Waals surface area contributed by atoms with Crippen molar-refractivity contribution in [3.05, 3.63) is 40.1 Å². The number of fused-ring (bicyclic) bond motifs is 1. The molecule has 4 rings (SSSR count). The highest BCUT2D eigenvalue weighted by Gasteiger charge is 2.16. The van der Waals surface area contributed by atoms with Gasteiger partial charge in [-0.3, -0.25) is 0 Å². The van der Waals surface area contributed by atoms with Crippen molar-refractivity contribution in [3.8, 4) is 22.8 Å². The Kier molecular flexibility index (Phi) is 2.60. The first-order valence-electron chi connectivity index (χ1n) is 6.55. The minimum absolute atomic E-state index is 0.571. The molecule has 1 N–H and O–H groups in total. The Bertz CT molecular complexity index is 775. The van der Waals surface area contributed by atoms with E-state index >= 15 is 0 Å². The first-order chi connectivity index (χ1) is 9.81. The van der Waals surface area contributed by atoms with Crippen LogP contribution in [0.15, 0.2) is 33.5 Å². The molecule has 5 heteroatoms. The maximum Gasteiger partial charge on any atom is 0.258 e. The monoisotopic (exact) mass is 283 g/mol. The van der Waals surface area contributed by atoms with Crippen LogP contribution in [-0.2, 0) is 6.42 Å². The van der Waals surface area contributed by atoms with Gasteiger partial charge in [-0.15, -0.1) is 0 Å². The lowest BCUT2D eigenvalue weighted by Crippen LogP contribution is -1.91. The van der Waals surface area contributed by atoms with Crippen LogP contribution in [0.3, 0.4) is 0 Å². The average molecular weight is 283 g/mol. The number of aryl methyl sites for hydroxylation is 1. The molecule has 0 saturated carbocycles. The largest absolute Gasteiger partial charge is 0.384 e. The van der Waals surface area contributed by atoms with E-state index in [1.54, 1.807) is 11.3 Å². The molecule has 0 atom stereocenters. The molecule has 0 unspecified atom stereocenters. The quantitative estimate of drug-likeness (QED) is 0.778. The number of hydrogen-bond donors (Lipinski definition) is 1. The molecule has 0 bridgehead atoms. The van der Waals surface area contributed by atoms with E-state index in [0.717, 1.165) is 24.1 Å². The van der Waals surface area contributed by atoms with E-state index in [-0.39, 0.29) is 0 Å². The van der Waals surface area contributed by atoms with Crippen LogP contribution in [0, 0.1) is 6.92 Å². The van der Waals surface area contributed by atoms with E-state index in [1.807, 2.05) is 11.4 Å². The summed E-state index contributed by atoms with van der Waals surface area (Å²) in [5, 5.41) is 11.6. The lowest BCUT2D eigenvalue weighted by atomic mass is 10.1. The predicted octanol–water partition coefficient (Wildman–Crippen LogP) is 3.74. The zero-order valence-corrected chi connectivity index (χ0v) is 11.8. The Morgan fingerprint density at radius 1 is 1.30 bits per heavy atom. The van der Waals surface area contributed by atoms with E-state index in [4.69, 9.17) is 4.52 Å². The van der Waals surface area contributed by atoms with Gasteiger partial charge in [0.2, 0.25) is 5.82 Å². The minimum Gasteiger partial charge on any atom is -0.384 e. The van der Waals surface area contributed by atoms with Crippen LogP contribution >= 0.6 is 11.3 Å². The summed E-state index contributed by atoms with van der Waals surface area (Å²) in [6, 6.07) is 6.26. The molecule has 3 aromatic rings. The summed E-state index contributed by atoms with van der Waals surface area (Å²) in [6.07, 6.45) is 1.08. The Balaban J connectivity index is 1.73. The van der Waals surface area contributed by atoms with Gasteiger partial charge in [0.25, 0.3) is 5.89 Å². The molecule has 100 valence electrons. The van der Waals surface area contributed by atoms with Gasteiger partial charge in [0.15, 0.2) is 0 Å². The molecule has 0 spiro atoms. The molecule has 0 fully saturated rings. The lowest BCUT2D eigenvalue weighted by Gasteiger charge is -2.00. The zero-order valence-electron chi connectivity index (χ0n) is 11.0. The topological polar surface area (TPSA) is 51.0 Å². The molecular formula is C15H13N3OS. The second kappa shape index (κ2) is 4.45. The van der Waals surface area contributed by atoms with Gasteiger partial charge < -0.3 is 9.84 Å². The van der Waals surface area contributed by atoms with E-state index < -0.39 is 0 Å². The summed E-state index contributed by atoms with van der Waals surface area (Å²) in [5.74, 6) is 1.23. The molecule has 0 saturated heterocycles. The summed E-state index contributed by atoms with van der Waals surface area (Å²) in [4.78, 5) is 4.51. The lowest BCUT2D eigenvalue weighted by molar-refractivity contribution is 0.432. The summed E-state index contributed by atoms with van der Waals surface area (Å²) >= 11 is 1.65. The van der Waals surface area contributed by atoms with Crippen LogP contribution in [-0.4, -0.2) is 16.7 Å². The fraction of sp³-hybridized carbons (Fsp3) is 0.200. The van der Waals surface area contributed by atoms with Crippen molar-refractivity contribution in [2.24, 2.45) is 0 Å². The number of anilines is 1. The third-order valence-electron chi connectivity index (χ3n) is 3.59. The van der Waals surface area contributed by atoms with Crippen molar-refractivity contribution < 1.29 is 4.52 Å². The fourth-order valence-electron chi connectivity index (χ4n) is 2.46. The van der Waals surface area contributed by atoms with E-state index in [0.29, 0.717) is 11.7 Å². The number of thiophene rings is 1. The van der Waals surface area contributed by atoms with Crippen LogP contribution in [0.4, 0.5) is 5.69 Å². The van der Waals surface area contributed by atoms with Crippen molar-refractivity contribution in [2.45, 2.75) is 13.3 Å². The predicted molar refractivity (Wildman–Crippen MR) is 80.0 cm³/mol. The maximum absolute atomic E-state index is 5.41. The van der Waals surface area contributed by atoms with Gasteiger partial charge in [0.05, 0.1) is 0 Å². The summed E-state index contributed by atoms with van der Waals surface area (Å²) in [6.45, 7) is 3.06. The third kappa shape index (κ3) is 1.82. The molecule has 4 nitrogen and oxygen atoms in total. The zero-order chi connectivity index (χ0) is 13.5. The van der Waals surface area contributed by atoms with Gasteiger partial charge in [-0.25, -0.2) is 0 Å². The Labute approximate surface area is 120 Å². The van der Waals surface area contributed by atoms with Gasteiger partial charge in [-0.05, 0) is 42.0 Å². The number of aromatic nitrogens is 2. The van der Waals surface area contributed by atoms with Gasteiger partial charge in [0.1, 0.15) is 0 Å². The molecule has 1 aliphatic heterocycles. The van der Waals surface area contributed by atoms with Gasteiger partial charge in [-0.2, -0.15) is 16.3 Å². The van der Waals surface area contributed by atoms with E-state index in [9.17, 15) is 0 Å². The number of benzene rings is 1. The molecule has 3 heterocycles. The Hall–Kier alpha value is -2.14. The first kappa shape index (κ1) is 11.7. The number of nitrogens with zero attached hydrogens (tertiary/aromatic N) is 2. The molecular weight excluding hydrogens is 270 g/mol. The number of hydrogen-bond acceptors (Lipinski definition) is 5. The van der Waals surface area contributed by atoms with Crippen LogP contribution in [0.25, 0.3) is 22.8 Å². The fourth-order valence-corrected chi connectivity index (χ4v) is 3.29. The normalized spacial score (nSPS) is 13.2. The van der Waals surface area contributed by atoms with Gasteiger partial charge in [0, 0.05) is 28.7 Å². The average Bonchev–Trinajstić information content (AvgIpc) is 3.17. The molecule has 1 aromatic carbocycles. The van der Waals surface area contributed by atoms with Crippen LogP contribution in [0.1, 0.15) is 11.1 Å². The minimum atomic E-state index is 0.571. The molecule has 0 radical (unpaired) electrons. The maximum atomic E-state index is 5.41. The molecule has 20 heavy (non-hydrogen) atoms.